The van der Waals surface area contributed by atoms with Gasteiger partial charge in [-0.2, -0.15) is 0 Å². The average molecular weight is 274 g/mol. The van der Waals surface area contributed by atoms with Gasteiger partial charge in [0.2, 0.25) is 5.91 Å². The predicted molar refractivity (Wildman–Crippen MR) is 82.4 cm³/mol. The van der Waals surface area contributed by atoms with Gasteiger partial charge in [0.25, 0.3) is 0 Å². The van der Waals surface area contributed by atoms with Crippen molar-refractivity contribution in [1.29, 1.82) is 0 Å². The summed E-state index contributed by atoms with van der Waals surface area (Å²) in [5.41, 5.74) is 6.40. The van der Waals surface area contributed by atoms with E-state index >= 15 is 0 Å². The van der Waals surface area contributed by atoms with Crippen LogP contribution in [0.3, 0.4) is 0 Å². The molecule has 3 nitrogen and oxygen atoms in total. The largest absolute Gasteiger partial charge is 0.349 e. The Labute approximate surface area is 121 Å². The summed E-state index contributed by atoms with van der Waals surface area (Å²) in [7, 11) is 0. The summed E-state index contributed by atoms with van der Waals surface area (Å²) in [6.07, 6.45) is 2.77. The Morgan fingerprint density at radius 2 is 1.95 bits per heavy atom. The summed E-state index contributed by atoms with van der Waals surface area (Å²) in [5, 5.41) is 3.21. The van der Waals surface area contributed by atoms with E-state index < -0.39 is 0 Å². The van der Waals surface area contributed by atoms with E-state index in [2.05, 4.69) is 31.3 Å². The van der Waals surface area contributed by atoms with Crippen LogP contribution in [0.2, 0.25) is 0 Å². The van der Waals surface area contributed by atoms with Crippen LogP contribution in [0.5, 0.6) is 0 Å². The molecule has 1 amide bonds. The van der Waals surface area contributed by atoms with Gasteiger partial charge in [-0.25, -0.2) is 0 Å². The lowest BCUT2D eigenvalue weighted by Gasteiger charge is -2.33. The van der Waals surface area contributed by atoms with Gasteiger partial charge in [0.1, 0.15) is 0 Å². The molecular weight excluding hydrogens is 248 g/mol. The minimum atomic E-state index is -0.311. The Bertz CT molecular complexity index is 465. The van der Waals surface area contributed by atoms with E-state index in [0.29, 0.717) is 12.5 Å². The number of carbonyl (C=O) groups is 1. The number of nitrogens with two attached hydrogens (primary N) is 1. The van der Waals surface area contributed by atoms with Crippen LogP contribution in [0, 0.1) is 5.92 Å². The van der Waals surface area contributed by atoms with Crippen LogP contribution >= 0.6 is 0 Å². The second kappa shape index (κ2) is 5.57. The third kappa shape index (κ3) is 3.04. The van der Waals surface area contributed by atoms with Gasteiger partial charge in [0, 0.05) is 12.1 Å². The topological polar surface area (TPSA) is 55.1 Å². The Morgan fingerprint density at radius 1 is 1.35 bits per heavy atom. The lowest BCUT2D eigenvalue weighted by Crippen LogP contribution is -2.54. The third-order valence-corrected chi connectivity index (χ3v) is 4.24. The molecule has 1 saturated carbocycles. The molecule has 0 radical (unpaired) electrons. The zero-order valence-electron chi connectivity index (χ0n) is 12.8. The highest BCUT2D eigenvalue weighted by Crippen LogP contribution is 2.48. The van der Waals surface area contributed by atoms with Crippen LogP contribution in [-0.2, 0) is 10.2 Å². The van der Waals surface area contributed by atoms with Crippen molar-refractivity contribution in [3.8, 4) is 0 Å². The second-order valence-corrected chi connectivity index (χ2v) is 6.77. The molecule has 1 atom stereocenters. The van der Waals surface area contributed by atoms with Gasteiger partial charge in [0.15, 0.2) is 0 Å². The van der Waals surface area contributed by atoms with Crippen molar-refractivity contribution >= 4 is 5.91 Å². The zero-order chi connectivity index (χ0) is 14.8. The summed E-state index contributed by atoms with van der Waals surface area (Å²) in [6.45, 7) is 6.84. The molecule has 20 heavy (non-hydrogen) atoms. The van der Waals surface area contributed by atoms with Crippen LogP contribution in [0.15, 0.2) is 30.3 Å². The molecule has 0 spiro atoms. The Kier molecular flexibility index (Phi) is 4.19. The zero-order valence-corrected chi connectivity index (χ0v) is 12.8. The third-order valence-electron chi connectivity index (χ3n) is 4.24. The lowest BCUT2D eigenvalue weighted by atomic mass is 9.88. The minimum absolute atomic E-state index is 0.136. The second-order valence-electron chi connectivity index (χ2n) is 6.77. The molecule has 0 heterocycles. The summed E-state index contributed by atoms with van der Waals surface area (Å²) in [6, 6.07) is 10.1. The number of amides is 1. The number of benzene rings is 1. The molecule has 3 heteroatoms. The first kappa shape index (κ1) is 15.0. The highest BCUT2D eigenvalue weighted by Gasteiger charge is 2.52. The van der Waals surface area contributed by atoms with Gasteiger partial charge in [-0.3, -0.25) is 4.79 Å². The Balaban J connectivity index is 2.12. The van der Waals surface area contributed by atoms with Gasteiger partial charge in [-0.05, 0) is 37.7 Å². The summed E-state index contributed by atoms with van der Waals surface area (Å²) in [5.74, 6) is 0.646. The first-order valence-corrected chi connectivity index (χ1v) is 7.50. The van der Waals surface area contributed by atoms with Crippen molar-refractivity contribution in [3.63, 3.8) is 0 Å². The number of carbonyl (C=O) groups excluding carboxylic acids is 1. The fraction of sp³-hybridized carbons (Fsp3) is 0.588. The molecule has 0 aromatic heterocycles. The number of hydrogen-bond acceptors (Lipinski definition) is 2. The number of hydrogen-bond donors (Lipinski definition) is 2. The van der Waals surface area contributed by atoms with Crippen molar-refractivity contribution in [2.45, 2.75) is 51.0 Å². The normalized spacial score (nSPS) is 19.4. The maximum atomic E-state index is 12.7. The van der Waals surface area contributed by atoms with Crippen LogP contribution < -0.4 is 11.1 Å². The molecule has 110 valence electrons. The van der Waals surface area contributed by atoms with E-state index in [4.69, 9.17) is 5.73 Å². The maximum absolute atomic E-state index is 12.7. The van der Waals surface area contributed by atoms with Gasteiger partial charge in [0.05, 0.1) is 5.41 Å². The van der Waals surface area contributed by atoms with Gasteiger partial charge >= 0.3 is 0 Å². The summed E-state index contributed by atoms with van der Waals surface area (Å²) >= 11 is 0. The monoisotopic (exact) mass is 274 g/mol. The molecule has 1 aliphatic carbocycles. The Hall–Kier alpha value is -1.35. The minimum Gasteiger partial charge on any atom is -0.349 e. The molecule has 1 unspecified atom stereocenters. The molecule has 0 bridgehead atoms. The molecule has 2 rings (SSSR count). The van der Waals surface area contributed by atoms with E-state index in [0.717, 1.165) is 24.8 Å². The van der Waals surface area contributed by atoms with Crippen LogP contribution in [0.25, 0.3) is 0 Å². The quantitative estimate of drug-likeness (QED) is 0.837. The van der Waals surface area contributed by atoms with E-state index in [1.807, 2.05) is 25.1 Å². The highest BCUT2D eigenvalue weighted by atomic mass is 16.2. The fourth-order valence-electron chi connectivity index (χ4n) is 3.01. The first-order valence-electron chi connectivity index (χ1n) is 7.50. The molecular formula is C17H26N2O. The van der Waals surface area contributed by atoms with Gasteiger partial charge in [-0.1, -0.05) is 44.2 Å². The summed E-state index contributed by atoms with van der Waals surface area (Å²) < 4.78 is 0. The van der Waals surface area contributed by atoms with E-state index in [-0.39, 0.29) is 16.9 Å². The molecule has 3 N–H and O–H groups in total. The Morgan fingerprint density at radius 3 is 2.40 bits per heavy atom. The van der Waals surface area contributed by atoms with E-state index in [1.165, 1.54) is 0 Å². The van der Waals surface area contributed by atoms with Crippen LogP contribution in [-0.4, -0.2) is 18.0 Å². The maximum Gasteiger partial charge on any atom is 0.231 e. The summed E-state index contributed by atoms with van der Waals surface area (Å²) in [4.78, 5) is 12.7. The molecule has 0 saturated heterocycles. The first-order chi connectivity index (χ1) is 9.42. The predicted octanol–water partition coefficient (Wildman–Crippen LogP) is 2.60. The average Bonchev–Trinajstić information content (AvgIpc) is 3.20. The fourth-order valence-corrected chi connectivity index (χ4v) is 3.01. The van der Waals surface area contributed by atoms with E-state index in [1.54, 1.807) is 0 Å². The number of rotatable bonds is 6. The van der Waals surface area contributed by atoms with Gasteiger partial charge < -0.3 is 11.1 Å². The molecule has 1 aromatic carbocycles. The van der Waals surface area contributed by atoms with Crippen molar-refractivity contribution in [2.24, 2.45) is 11.7 Å². The number of nitrogens with one attached hydrogen (secondary N) is 1. The molecule has 1 fully saturated rings. The van der Waals surface area contributed by atoms with Crippen LogP contribution in [0.4, 0.5) is 0 Å². The smallest absolute Gasteiger partial charge is 0.231 e. The van der Waals surface area contributed by atoms with Crippen molar-refractivity contribution in [2.75, 3.05) is 6.54 Å². The molecule has 1 aliphatic rings. The highest BCUT2D eigenvalue weighted by molar-refractivity contribution is 5.91. The van der Waals surface area contributed by atoms with Crippen LogP contribution in [0.1, 0.15) is 45.6 Å². The molecule has 0 aliphatic heterocycles. The van der Waals surface area contributed by atoms with Gasteiger partial charge in [-0.15, -0.1) is 0 Å². The standard InChI is InChI=1S/C17H26N2O/c1-13(2)11-16(3,12-18)19-15(20)17(9-10-17)14-7-5-4-6-8-14/h4-8,13H,9-12,18H2,1-3H3,(H,19,20). The lowest BCUT2D eigenvalue weighted by molar-refractivity contribution is -0.125. The van der Waals surface area contributed by atoms with Crippen molar-refractivity contribution in [1.82, 2.24) is 5.32 Å². The SMILES string of the molecule is CC(C)CC(C)(CN)NC(=O)C1(c2ccccc2)CC1. The van der Waals surface area contributed by atoms with Crippen molar-refractivity contribution in [3.05, 3.63) is 35.9 Å². The van der Waals surface area contributed by atoms with E-state index in [9.17, 15) is 4.79 Å². The van der Waals surface area contributed by atoms with Crippen molar-refractivity contribution < 1.29 is 4.79 Å². The molecule has 1 aromatic rings.